The summed E-state index contributed by atoms with van der Waals surface area (Å²) in [5.74, 6) is -0.0973. The number of fused-ring (bicyclic) bond motifs is 1. The number of halogens is 3. The van der Waals surface area contributed by atoms with Gasteiger partial charge in [-0.3, -0.25) is 9.48 Å². The maximum atomic E-state index is 13.0. The van der Waals surface area contributed by atoms with E-state index in [1.54, 1.807) is 24.3 Å². The molecule has 29 heavy (non-hydrogen) atoms. The number of nitrogen functional groups attached to an aromatic ring is 1. The summed E-state index contributed by atoms with van der Waals surface area (Å²) >= 11 is 6.26. The van der Waals surface area contributed by atoms with E-state index in [0.29, 0.717) is 17.4 Å². The highest BCUT2D eigenvalue weighted by molar-refractivity contribution is 7.92. The van der Waals surface area contributed by atoms with Crippen LogP contribution in [0, 0.1) is 0 Å². The number of benzene rings is 2. The summed E-state index contributed by atoms with van der Waals surface area (Å²) in [6.45, 7) is -0.906. The number of sulfonamides is 1. The maximum absolute atomic E-state index is 13.0. The second-order valence-corrected chi connectivity index (χ2v) is 8.70. The number of carbonyl (C=O) groups is 1. The second-order valence-electron chi connectivity index (χ2n) is 6.39. The topological polar surface area (TPSA) is 98.3 Å². The van der Waals surface area contributed by atoms with Crippen molar-refractivity contribution in [2.45, 2.75) is 19.5 Å². The summed E-state index contributed by atoms with van der Waals surface area (Å²) < 4.78 is 53.1. The molecule has 0 aliphatic heterocycles. The Kier molecular flexibility index (Phi) is 5.76. The van der Waals surface area contributed by atoms with E-state index >= 15 is 0 Å². The smallest absolute Gasteiger partial charge is 0.257 e. The summed E-state index contributed by atoms with van der Waals surface area (Å²) in [4.78, 5) is 10.8. The van der Waals surface area contributed by atoms with E-state index in [1.165, 1.54) is 12.1 Å². The molecule has 0 aliphatic rings. The Labute approximate surface area is 170 Å². The summed E-state index contributed by atoms with van der Waals surface area (Å²) in [7, 11) is -3.87. The summed E-state index contributed by atoms with van der Waals surface area (Å²) in [6, 6.07) is 9.17. The highest BCUT2D eigenvalue weighted by Crippen LogP contribution is 2.37. The Balaban J connectivity index is 2.20. The highest BCUT2D eigenvalue weighted by atomic mass is 35.5. The van der Waals surface area contributed by atoms with E-state index in [-0.39, 0.29) is 34.0 Å². The Hall–Kier alpha value is -2.72. The SMILES string of the molecule is CS(=O)(=O)N(Cc1ccc(C=O)cc1)c1nn(CC(F)F)c2c(N)ccc(Cl)c12. The van der Waals surface area contributed by atoms with Crippen LogP contribution in [0.15, 0.2) is 36.4 Å². The molecule has 0 spiro atoms. The molecule has 0 fully saturated rings. The van der Waals surface area contributed by atoms with Gasteiger partial charge in [0.2, 0.25) is 10.0 Å². The Morgan fingerprint density at radius 2 is 1.90 bits per heavy atom. The molecule has 0 radical (unpaired) electrons. The van der Waals surface area contributed by atoms with Crippen LogP contribution in [0.5, 0.6) is 0 Å². The van der Waals surface area contributed by atoms with Crippen molar-refractivity contribution >= 4 is 50.3 Å². The zero-order valence-electron chi connectivity index (χ0n) is 15.2. The van der Waals surface area contributed by atoms with Crippen molar-refractivity contribution in [2.75, 3.05) is 16.3 Å². The van der Waals surface area contributed by atoms with Gasteiger partial charge in [0.05, 0.1) is 34.4 Å². The van der Waals surface area contributed by atoms with Crippen LogP contribution in [0.1, 0.15) is 15.9 Å². The molecular formula is C18H17ClF2N4O3S. The quantitative estimate of drug-likeness (QED) is 0.447. The van der Waals surface area contributed by atoms with E-state index in [1.807, 2.05) is 0 Å². The van der Waals surface area contributed by atoms with E-state index < -0.39 is 23.0 Å². The minimum Gasteiger partial charge on any atom is -0.397 e. The lowest BCUT2D eigenvalue weighted by atomic mass is 10.1. The molecule has 2 N–H and O–H groups in total. The predicted octanol–water partition coefficient (Wildman–Crippen LogP) is 3.32. The van der Waals surface area contributed by atoms with Crippen LogP contribution in [-0.2, 0) is 23.1 Å². The van der Waals surface area contributed by atoms with Gasteiger partial charge in [-0.2, -0.15) is 5.10 Å². The third-order valence-corrected chi connectivity index (χ3v) is 5.66. The largest absolute Gasteiger partial charge is 0.397 e. The fourth-order valence-corrected chi connectivity index (χ4v) is 4.00. The first kappa shape index (κ1) is 21.0. The van der Waals surface area contributed by atoms with E-state index in [2.05, 4.69) is 5.10 Å². The number of hydrogen-bond acceptors (Lipinski definition) is 5. The van der Waals surface area contributed by atoms with Gasteiger partial charge < -0.3 is 5.73 Å². The molecule has 2 aromatic carbocycles. The lowest BCUT2D eigenvalue weighted by molar-refractivity contribution is 0.112. The van der Waals surface area contributed by atoms with Crippen LogP contribution in [-0.4, -0.2) is 37.2 Å². The minimum absolute atomic E-state index is 0.0973. The number of nitrogens with two attached hydrogens (primary N) is 1. The first-order valence-electron chi connectivity index (χ1n) is 8.36. The zero-order valence-corrected chi connectivity index (χ0v) is 16.8. The fraction of sp³-hybridized carbons (Fsp3) is 0.222. The molecule has 7 nitrogen and oxygen atoms in total. The van der Waals surface area contributed by atoms with Crippen LogP contribution in [0.4, 0.5) is 20.3 Å². The standard InChI is InChI=1S/C18H17ClF2N4O3S/c1-29(27,28)25(8-11-2-4-12(10-26)5-3-11)18-16-13(19)6-7-14(22)17(16)24(23-18)9-15(20)21/h2-7,10,15H,8-9,22H2,1H3. The number of rotatable bonds is 7. The molecule has 0 aliphatic carbocycles. The predicted molar refractivity (Wildman–Crippen MR) is 108 cm³/mol. The average Bonchev–Trinajstić information content (AvgIpc) is 3.01. The third kappa shape index (κ3) is 4.33. The molecule has 0 unspecified atom stereocenters. The molecule has 0 atom stereocenters. The van der Waals surface area contributed by atoms with Crippen molar-refractivity contribution in [3.63, 3.8) is 0 Å². The number of anilines is 2. The van der Waals surface area contributed by atoms with Crippen LogP contribution >= 0.6 is 11.6 Å². The molecule has 1 heterocycles. The van der Waals surface area contributed by atoms with Crippen molar-refractivity contribution in [1.82, 2.24) is 9.78 Å². The van der Waals surface area contributed by atoms with E-state index in [9.17, 15) is 22.0 Å². The molecule has 154 valence electrons. The van der Waals surface area contributed by atoms with Gasteiger partial charge in [0, 0.05) is 5.56 Å². The van der Waals surface area contributed by atoms with Crippen LogP contribution in [0.3, 0.4) is 0 Å². The van der Waals surface area contributed by atoms with Crippen molar-refractivity contribution in [2.24, 2.45) is 0 Å². The fourth-order valence-electron chi connectivity index (χ4n) is 2.94. The highest BCUT2D eigenvalue weighted by Gasteiger charge is 2.27. The van der Waals surface area contributed by atoms with Crippen LogP contribution in [0.25, 0.3) is 10.9 Å². The number of aromatic nitrogens is 2. The van der Waals surface area contributed by atoms with Gasteiger partial charge in [-0.1, -0.05) is 35.9 Å². The number of carbonyl (C=O) groups excluding carboxylic acids is 1. The van der Waals surface area contributed by atoms with Crippen molar-refractivity contribution < 1.29 is 22.0 Å². The first-order chi connectivity index (χ1) is 13.6. The molecule has 11 heteroatoms. The minimum atomic E-state index is -3.87. The Morgan fingerprint density at radius 3 is 2.45 bits per heavy atom. The summed E-state index contributed by atoms with van der Waals surface area (Å²) in [5, 5.41) is 4.41. The monoisotopic (exact) mass is 442 g/mol. The molecule has 0 saturated carbocycles. The molecule has 0 saturated heterocycles. The average molecular weight is 443 g/mol. The lowest BCUT2D eigenvalue weighted by Gasteiger charge is -2.20. The normalized spacial score (nSPS) is 11.9. The van der Waals surface area contributed by atoms with Gasteiger partial charge >= 0.3 is 0 Å². The Bertz CT molecular complexity index is 1160. The van der Waals surface area contributed by atoms with Gasteiger partial charge in [-0.25, -0.2) is 21.5 Å². The van der Waals surface area contributed by atoms with E-state index in [4.69, 9.17) is 17.3 Å². The molecule has 1 aromatic heterocycles. The second kappa shape index (κ2) is 7.96. The van der Waals surface area contributed by atoms with Crippen LogP contribution < -0.4 is 10.0 Å². The van der Waals surface area contributed by atoms with Crippen molar-refractivity contribution in [3.05, 3.63) is 52.5 Å². The summed E-state index contributed by atoms with van der Waals surface area (Å²) in [6.07, 6.45) is -1.09. The lowest BCUT2D eigenvalue weighted by Crippen LogP contribution is -2.30. The van der Waals surface area contributed by atoms with Gasteiger partial charge in [0.1, 0.15) is 12.8 Å². The van der Waals surface area contributed by atoms with Gasteiger partial charge in [-0.15, -0.1) is 0 Å². The Morgan fingerprint density at radius 1 is 1.24 bits per heavy atom. The van der Waals surface area contributed by atoms with Gasteiger partial charge in [0.15, 0.2) is 5.82 Å². The van der Waals surface area contributed by atoms with E-state index in [0.717, 1.165) is 15.2 Å². The molecule has 3 rings (SSSR count). The number of hydrogen-bond donors (Lipinski definition) is 1. The summed E-state index contributed by atoms with van der Waals surface area (Å²) in [5.41, 5.74) is 7.23. The number of aldehydes is 1. The number of alkyl halides is 2. The first-order valence-corrected chi connectivity index (χ1v) is 10.6. The van der Waals surface area contributed by atoms with Gasteiger partial charge in [-0.05, 0) is 17.7 Å². The van der Waals surface area contributed by atoms with Gasteiger partial charge in [0.25, 0.3) is 6.43 Å². The molecule has 0 bridgehead atoms. The van der Waals surface area contributed by atoms with Crippen molar-refractivity contribution in [1.29, 1.82) is 0 Å². The molecule has 0 amide bonds. The maximum Gasteiger partial charge on any atom is 0.257 e. The number of nitrogens with zero attached hydrogens (tertiary/aromatic N) is 3. The zero-order chi connectivity index (χ0) is 21.3. The molecular weight excluding hydrogens is 426 g/mol. The van der Waals surface area contributed by atoms with Crippen molar-refractivity contribution in [3.8, 4) is 0 Å². The van der Waals surface area contributed by atoms with Crippen LogP contribution in [0.2, 0.25) is 5.02 Å². The molecule has 3 aromatic rings. The third-order valence-electron chi connectivity index (χ3n) is 4.24.